The van der Waals surface area contributed by atoms with Gasteiger partial charge in [0.2, 0.25) is 0 Å². The molecule has 1 aromatic rings. The van der Waals surface area contributed by atoms with Crippen molar-refractivity contribution in [2.24, 2.45) is 4.99 Å². The highest BCUT2D eigenvalue weighted by molar-refractivity contribution is 7.87. The van der Waals surface area contributed by atoms with E-state index in [9.17, 15) is 12.3 Å². The van der Waals surface area contributed by atoms with Crippen molar-refractivity contribution in [2.75, 3.05) is 12.4 Å². The molecule has 4 nitrogen and oxygen atoms in total. The summed E-state index contributed by atoms with van der Waals surface area (Å²) in [4.78, 5) is 3.84. The van der Waals surface area contributed by atoms with E-state index in [1.165, 1.54) is 0 Å². The quantitative estimate of drug-likeness (QED) is 0.419. The van der Waals surface area contributed by atoms with Gasteiger partial charge in [0.05, 0.1) is 12.3 Å². The lowest BCUT2D eigenvalue weighted by molar-refractivity contribution is 0.306. The number of hydrogen-bond acceptors (Lipinski definition) is 4. The monoisotopic (exact) mass is 287 g/mol. The molecule has 0 bridgehead atoms. The molecular formula is C13H18FNO3S. The topological polar surface area (TPSA) is 55.7 Å². The second kappa shape index (κ2) is 7.89. The van der Waals surface area contributed by atoms with Crippen molar-refractivity contribution < 1.29 is 17.0 Å². The highest BCUT2D eigenvalue weighted by atomic mass is 32.3. The Morgan fingerprint density at radius 2 is 1.95 bits per heavy atom. The van der Waals surface area contributed by atoms with E-state index < -0.39 is 16.0 Å². The van der Waals surface area contributed by atoms with Crippen molar-refractivity contribution in [3.05, 3.63) is 24.3 Å². The van der Waals surface area contributed by atoms with Gasteiger partial charge in [-0.15, -0.1) is 3.89 Å². The van der Waals surface area contributed by atoms with Crippen LogP contribution in [0.25, 0.3) is 0 Å². The number of rotatable bonds is 8. The molecule has 6 heteroatoms. The molecule has 1 aromatic carbocycles. The van der Waals surface area contributed by atoms with Gasteiger partial charge in [-0.2, -0.15) is 8.42 Å². The molecule has 0 aliphatic carbocycles. The van der Waals surface area contributed by atoms with Crippen LogP contribution in [0.15, 0.2) is 29.3 Å². The Labute approximate surface area is 113 Å². The van der Waals surface area contributed by atoms with E-state index in [0.717, 1.165) is 31.2 Å². The van der Waals surface area contributed by atoms with Gasteiger partial charge in [-0.3, -0.25) is 4.99 Å². The second-order valence-electron chi connectivity index (χ2n) is 4.07. The van der Waals surface area contributed by atoms with Gasteiger partial charge in [0.1, 0.15) is 11.5 Å². The Bertz CT molecular complexity index is 497. The van der Waals surface area contributed by atoms with Crippen LogP contribution in [0.4, 0.5) is 9.57 Å². The van der Waals surface area contributed by atoms with Crippen LogP contribution in [0.5, 0.6) is 5.75 Å². The minimum Gasteiger partial charge on any atom is -0.494 e. The zero-order valence-corrected chi connectivity index (χ0v) is 11.7. The van der Waals surface area contributed by atoms with Gasteiger partial charge in [-0.1, -0.05) is 19.8 Å². The molecule has 0 aliphatic heterocycles. The molecule has 0 saturated heterocycles. The van der Waals surface area contributed by atoms with Gasteiger partial charge >= 0.3 is 10.2 Å². The molecule has 1 rings (SSSR count). The van der Waals surface area contributed by atoms with Crippen LogP contribution in [-0.2, 0) is 10.2 Å². The molecule has 0 radical (unpaired) electrons. The number of unbranched alkanes of at least 4 members (excludes halogenated alkanes) is 2. The Hall–Kier alpha value is -1.43. The molecule has 0 spiro atoms. The third kappa shape index (κ3) is 7.56. The third-order valence-corrected chi connectivity index (χ3v) is 2.91. The van der Waals surface area contributed by atoms with Gasteiger partial charge in [0, 0.05) is 6.21 Å². The predicted octanol–water partition coefficient (Wildman–Crippen LogP) is 3.26. The average molecular weight is 287 g/mol. The molecule has 0 saturated carbocycles. The first-order valence-electron chi connectivity index (χ1n) is 6.19. The molecule has 0 aliphatic rings. The first kappa shape index (κ1) is 15.6. The molecule has 19 heavy (non-hydrogen) atoms. The highest BCUT2D eigenvalue weighted by Gasteiger charge is 2.02. The zero-order chi connectivity index (χ0) is 14.1. The van der Waals surface area contributed by atoms with Crippen LogP contribution in [0.2, 0.25) is 0 Å². The first-order chi connectivity index (χ1) is 9.01. The number of hydrogen-bond donors (Lipinski definition) is 0. The second-order valence-corrected chi connectivity index (χ2v) is 5.48. The third-order valence-electron chi connectivity index (χ3n) is 2.37. The lowest BCUT2D eigenvalue weighted by Gasteiger charge is -2.05. The smallest absolute Gasteiger partial charge is 0.307 e. The Morgan fingerprint density at radius 3 is 2.53 bits per heavy atom. The van der Waals surface area contributed by atoms with Crippen molar-refractivity contribution in [1.29, 1.82) is 0 Å². The Balaban J connectivity index is 2.43. The zero-order valence-electron chi connectivity index (χ0n) is 10.9. The molecule has 0 amide bonds. The van der Waals surface area contributed by atoms with E-state index in [-0.39, 0.29) is 0 Å². The maximum absolute atomic E-state index is 12.2. The molecule has 0 heterocycles. The molecular weight excluding hydrogens is 269 g/mol. The Morgan fingerprint density at radius 1 is 1.26 bits per heavy atom. The summed E-state index contributed by atoms with van der Waals surface area (Å²) in [5.74, 6) is 0.0376. The van der Waals surface area contributed by atoms with Crippen LogP contribution in [0.3, 0.4) is 0 Å². The van der Waals surface area contributed by atoms with E-state index >= 15 is 0 Å². The summed E-state index contributed by atoms with van der Waals surface area (Å²) >= 11 is 0. The lowest BCUT2D eigenvalue weighted by Crippen LogP contribution is -1.98. The lowest BCUT2D eigenvalue weighted by atomic mass is 10.2. The SMILES string of the molecule is CCCCCOc1ccc(N=CCS(=O)(=O)F)cc1. The number of aliphatic imine (C=N–C) groups is 1. The summed E-state index contributed by atoms with van der Waals surface area (Å²) in [5, 5.41) is 0. The van der Waals surface area contributed by atoms with Crippen LogP contribution in [-0.4, -0.2) is 27.0 Å². The highest BCUT2D eigenvalue weighted by Crippen LogP contribution is 2.18. The van der Waals surface area contributed by atoms with Gasteiger partial charge < -0.3 is 4.74 Å². The van der Waals surface area contributed by atoms with Gasteiger partial charge in [-0.25, -0.2) is 0 Å². The minimum absolute atomic E-state index is 0.560. The van der Waals surface area contributed by atoms with Crippen molar-refractivity contribution in [3.63, 3.8) is 0 Å². The fraction of sp³-hybridized carbons (Fsp3) is 0.462. The van der Waals surface area contributed by atoms with Crippen molar-refractivity contribution >= 4 is 22.1 Å². The molecule has 0 atom stereocenters. The fourth-order valence-corrected chi connectivity index (χ4v) is 1.65. The van der Waals surface area contributed by atoms with Crippen LogP contribution < -0.4 is 4.74 Å². The van der Waals surface area contributed by atoms with E-state index in [0.29, 0.717) is 12.3 Å². The summed E-state index contributed by atoms with van der Waals surface area (Å²) in [5.41, 5.74) is 0.560. The fourth-order valence-electron chi connectivity index (χ4n) is 1.40. The summed E-state index contributed by atoms with van der Waals surface area (Å²) in [6, 6.07) is 6.89. The molecule has 0 unspecified atom stereocenters. The summed E-state index contributed by atoms with van der Waals surface area (Å²) < 4.78 is 38.3. The van der Waals surface area contributed by atoms with Crippen LogP contribution in [0.1, 0.15) is 26.2 Å². The predicted molar refractivity (Wildman–Crippen MR) is 74.5 cm³/mol. The average Bonchev–Trinajstić information content (AvgIpc) is 2.35. The van der Waals surface area contributed by atoms with Crippen molar-refractivity contribution in [2.45, 2.75) is 26.2 Å². The maximum Gasteiger partial charge on any atom is 0.307 e. The van der Waals surface area contributed by atoms with E-state index in [4.69, 9.17) is 4.74 Å². The van der Waals surface area contributed by atoms with Crippen LogP contribution >= 0.6 is 0 Å². The number of nitrogens with zero attached hydrogens (tertiary/aromatic N) is 1. The summed E-state index contributed by atoms with van der Waals surface area (Å²) in [6.45, 7) is 2.81. The first-order valence-corrected chi connectivity index (χ1v) is 7.74. The number of halogens is 1. The van der Waals surface area contributed by atoms with Crippen LogP contribution in [0, 0.1) is 0 Å². The van der Waals surface area contributed by atoms with E-state index in [1.54, 1.807) is 24.3 Å². The van der Waals surface area contributed by atoms with Gasteiger partial charge in [-0.05, 0) is 30.7 Å². The number of ether oxygens (including phenoxy) is 1. The summed E-state index contributed by atoms with van der Waals surface area (Å²) in [6.07, 6.45) is 4.34. The van der Waals surface area contributed by atoms with E-state index in [2.05, 4.69) is 11.9 Å². The van der Waals surface area contributed by atoms with Crippen molar-refractivity contribution in [1.82, 2.24) is 0 Å². The van der Waals surface area contributed by atoms with Gasteiger partial charge in [0.15, 0.2) is 0 Å². The largest absolute Gasteiger partial charge is 0.494 e. The molecule has 0 fully saturated rings. The minimum atomic E-state index is -4.49. The molecule has 0 N–H and O–H groups in total. The number of benzene rings is 1. The van der Waals surface area contributed by atoms with E-state index in [1.807, 2.05) is 0 Å². The standard InChI is InChI=1S/C13H18FNO3S/c1-2-3-4-10-18-13-7-5-12(6-8-13)15-9-11-19(14,16)17/h5-9H,2-4,10-11H2,1H3. The van der Waals surface area contributed by atoms with Gasteiger partial charge in [0.25, 0.3) is 0 Å². The summed E-state index contributed by atoms with van der Waals surface area (Å²) in [7, 11) is -4.49. The Kier molecular flexibility index (Phi) is 6.49. The maximum atomic E-state index is 12.2. The molecule has 0 aromatic heterocycles. The normalized spacial score (nSPS) is 11.9. The van der Waals surface area contributed by atoms with Crippen molar-refractivity contribution in [3.8, 4) is 5.75 Å². The molecule has 106 valence electrons.